The summed E-state index contributed by atoms with van der Waals surface area (Å²) < 4.78 is 24.0. The molecule has 1 unspecified atom stereocenters. The molecule has 0 aliphatic heterocycles. The topological polar surface area (TPSA) is 101 Å². The first-order valence-electron chi connectivity index (χ1n) is 6.60. The van der Waals surface area contributed by atoms with Gasteiger partial charge in [0.05, 0.1) is 22.9 Å². The van der Waals surface area contributed by atoms with Crippen LogP contribution in [0.2, 0.25) is 5.02 Å². The van der Waals surface area contributed by atoms with Crippen molar-refractivity contribution in [2.45, 2.75) is 13.0 Å². The summed E-state index contributed by atoms with van der Waals surface area (Å²) in [6.45, 7) is 1.92. The van der Waals surface area contributed by atoms with E-state index in [1.807, 2.05) is 23.8 Å². The van der Waals surface area contributed by atoms with Gasteiger partial charge in [-0.05, 0) is 24.6 Å². The molecule has 2 aromatic heterocycles. The van der Waals surface area contributed by atoms with Crippen LogP contribution < -0.4 is 10.0 Å². The van der Waals surface area contributed by atoms with Crippen molar-refractivity contribution < 1.29 is 13.2 Å². The Morgan fingerprint density at radius 1 is 1.35 bits per heavy atom. The Morgan fingerprint density at radius 3 is 2.65 bits per heavy atom. The summed E-state index contributed by atoms with van der Waals surface area (Å²) in [7, 11) is -3.64. The first kappa shape index (κ1) is 17.2. The highest BCUT2D eigenvalue weighted by Gasteiger charge is 2.15. The minimum Gasteiger partial charge on any atom is -0.362 e. The van der Waals surface area contributed by atoms with Crippen molar-refractivity contribution in [2.75, 3.05) is 11.6 Å². The number of amides is 1. The maximum Gasteiger partial charge on any atom is 0.266 e. The van der Waals surface area contributed by atoms with Crippen LogP contribution in [0.3, 0.4) is 0 Å². The molecule has 0 aromatic carbocycles. The molecule has 2 aromatic rings. The van der Waals surface area contributed by atoms with Gasteiger partial charge < -0.3 is 5.32 Å². The second-order valence-corrected chi connectivity index (χ2v) is 7.07. The van der Waals surface area contributed by atoms with Crippen LogP contribution in [0.5, 0.6) is 0 Å². The van der Waals surface area contributed by atoms with Gasteiger partial charge in [0.2, 0.25) is 10.0 Å². The highest BCUT2D eigenvalue weighted by Crippen LogP contribution is 2.24. The number of aromatic nitrogens is 2. The number of carbonyl (C=O) groups excluding carboxylic acids is 1. The van der Waals surface area contributed by atoms with E-state index in [-0.39, 0.29) is 16.6 Å². The van der Waals surface area contributed by atoms with Crippen LogP contribution in [0.25, 0.3) is 0 Å². The number of halogens is 1. The molecule has 0 aliphatic carbocycles. The number of hydrogen-bond donors (Lipinski definition) is 2. The van der Waals surface area contributed by atoms with Crippen LogP contribution in [0.1, 0.15) is 28.9 Å². The fourth-order valence-corrected chi connectivity index (χ4v) is 2.49. The van der Waals surface area contributed by atoms with Crippen molar-refractivity contribution in [3.05, 3.63) is 52.9 Å². The van der Waals surface area contributed by atoms with E-state index >= 15 is 0 Å². The summed E-state index contributed by atoms with van der Waals surface area (Å²) in [4.78, 5) is 19.9. The molecular weight excluding hydrogens is 340 g/mol. The zero-order chi connectivity index (χ0) is 17.0. The molecule has 0 bridgehead atoms. The Morgan fingerprint density at radius 2 is 2.09 bits per heavy atom. The van der Waals surface area contributed by atoms with Crippen LogP contribution in [-0.2, 0) is 10.0 Å². The summed E-state index contributed by atoms with van der Waals surface area (Å²) >= 11 is 6.11. The van der Waals surface area contributed by atoms with E-state index < -0.39 is 15.9 Å². The molecule has 23 heavy (non-hydrogen) atoms. The summed E-state index contributed by atoms with van der Waals surface area (Å²) in [5.41, 5.74) is 1.00. The number of sulfonamides is 1. The Labute approximate surface area is 139 Å². The molecule has 0 saturated heterocycles. The van der Waals surface area contributed by atoms with Crippen molar-refractivity contribution in [2.24, 2.45) is 0 Å². The third-order valence-corrected chi connectivity index (χ3v) is 3.76. The van der Waals surface area contributed by atoms with Gasteiger partial charge in [-0.15, -0.1) is 0 Å². The summed E-state index contributed by atoms with van der Waals surface area (Å²) in [6, 6.07) is 4.99. The Kier molecular flexibility index (Phi) is 5.17. The van der Waals surface area contributed by atoms with Gasteiger partial charge in [-0.2, -0.15) is 0 Å². The second kappa shape index (κ2) is 6.93. The molecule has 0 fully saturated rings. The van der Waals surface area contributed by atoms with Gasteiger partial charge in [-0.1, -0.05) is 17.7 Å². The standard InChI is InChI=1S/C14H15ClN4O3S/c1-9(10-4-3-5-16-7-10)18-13-12(15)6-11(8-17-13)14(20)19-23(2,21)22/h3-9H,1-2H3,(H,17,18)(H,19,20). The van der Waals surface area contributed by atoms with E-state index in [1.54, 1.807) is 12.4 Å². The molecule has 1 atom stereocenters. The van der Waals surface area contributed by atoms with Crippen LogP contribution >= 0.6 is 11.6 Å². The van der Waals surface area contributed by atoms with E-state index in [4.69, 9.17) is 11.6 Å². The molecule has 1 amide bonds. The Bertz CT molecular complexity index is 812. The number of hydrogen-bond acceptors (Lipinski definition) is 6. The fraction of sp³-hybridized carbons (Fsp3) is 0.214. The summed E-state index contributed by atoms with van der Waals surface area (Å²) in [5, 5.41) is 3.32. The molecule has 2 rings (SSSR count). The number of nitrogens with zero attached hydrogens (tertiary/aromatic N) is 2. The molecule has 7 nitrogen and oxygen atoms in total. The monoisotopic (exact) mass is 354 g/mol. The zero-order valence-electron chi connectivity index (χ0n) is 12.4. The molecular formula is C14H15ClN4O3S. The largest absolute Gasteiger partial charge is 0.362 e. The third kappa shape index (κ3) is 4.90. The molecule has 0 saturated carbocycles. The highest BCUT2D eigenvalue weighted by molar-refractivity contribution is 7.89. The SMILES string of the molecule is CC(Nc1ncc(C(=O)NS(C)(=O)=O)cc1Cl)c1cccnc1. The van der Waals surface area contributed by atoms with Crippen molar-refractivity contribution in [3.8, 4) is 0 Å². The van der Waals surface area contributed by atoms with Gasteiger partial charge in [0, 0.05) is 18.6 Å². The van der Waals surface area contributed by atoms with Gasteiger partial charge in [0.25, 0.3) is 5.91 Å². The van der Waals surface area contributed by atoms with E-state index in [2.05, 4.69) is 15.3 Å². The van der Waals surface area contributed by atoms with E-state index in [0.29, 0.717) is 5.82 Å². The number of carbonyl (C=O) groups is 1. The van der Waals surface area contributed by atoms with Gasteiger partial charge in [0.15, 0.2) is 0 Å². The van der Waals surface area contributed by atoms with Crippen molar-refractivity contribution in [1.82, 2.24) is 14.7 Å². The summed E-state index contributed by atoms with van der Waals surface area (Å²) in [6.07, 6.45) is 5.55. The van der Waals surface area contributed by atoms with Crippen LogP contribution in [0.4, 0.5) is 5.82 Å². The molecule has 9 heteroatoms. The van der Waals surface area contributed by atoms with Crippen molar-refractivity contribution >= 4 is 33.3 Å². The van der Waals surface area contributed by atoms with E-state index in [1.165, 1.54) is 12.3 Å². The van der Waals surface area contributed by atoms with E-state index in [9.17, 15) is 13.2 Å². The van der Waals surface area contributed by atoms with Crippen LogP contribution in [-0.4, -0.2) is 30.5 Å². The first-order chi connectivity index (χ1) is 10.8. The Balaban J connectivity index is 2.15. The van der Waals surface area contributed by atoms with Gasteiger partial charge in [0.1, 0.15) is 5.82 Å². The maximum atomic E-state index is 11.7. The molecule has 0 aliphatic rings. The van der Waals surface area contributed by atoms with E-state index in [0.717, 1.165) is 11.8 Å². The smallest absolute Gasteiger partial charge is 0.266 e. The van der Waals surface area contributed by atoms with Gasteiger partial charge in [-0.25, -0.2) is 18.1 Å². The van der Waals surface area contributed by atoms with Crippen LogP contribution in [0, 0.1) is 0 Å². The average Bonchev–Trinajstić information content (AvgIpc) is 2.48. The predicted molar refractivity (Wildman–Crippen MR) is 87.8 cm³/mol. The lowest BCUT2D eigenvalue weighted by Gasteiger charge is -2.15. The lowest BCUT2D eigenvalue weighted by Crippen LogP contribution is -2.29. The summed E-state index contributed by atoms with van der Waals surface area (Å²) in [5.74, 6) is -0.396. The number of nitrogens with one attached hydrogen (secondary N) is 2. The molecule has 2 N–H and O–H groups in total. The van der Waals surface area contributed by atoms with Crippen LogP contribution in [0.15, 0.2) is 36.8 Å². The fourth-order valence-electron chi connectivity index (χ4n) is 1.82. The molecule has 0 radical (unpaired) electrons. The number of pyridine rings is 2. The van der Waals surface area contributed by atoms with Gasteiger partial charge in [-0.3, -0.25) is 9.78 Å². The highest BCUT2D eigenvalue weighted by atomic mass is 35.5. The van der Waals surface area contributed by atoms with Gasteiger partial charge >= 0.3 is 0 Å². The molecule has 2 heterocycles. The lowest BCUT2D eigenvalue weighted by atomic mass is 10.1. The zero-order valence-corrected chi connectivity index (χ0v) is 14.0. The minimum atomic E-state index is -3.64. The first-order valence-corrected chi connectivity index (χ1v) is 8.87. The predicted octanol–water partition coefficient (Wildman–Crippen LogP) is 1.99. The quantitative estimate of drug-likeness (QED) is 0.851. The molecule has 122 valence electrons. The van der Waals surface area contributed by atoms with Crippen molar-refractivity contribution in [3.63, 3.8) is 0 Å². The molecule has 0 spiro atoms. The average molecular weight is 355 g/mol. The number of anilines is 1. The maximum absolute atomic E-state index is 11.7. The Hall–Kier alpha value is -2.19. The normalized spacial score (nSPS) is 12.5. The lowest BCUT2D eigenvalue weighted by molar-refractivity contribution is 0.0981. The van der Waals surface area contributed by atoms with Crippen molar-refractivity contribution in [1.29, 1.82) is 0 Å². The minimum absolute atomic E-state index is 0.0556. The third-order valence-electron chi connectivity index (χ3n) is 2.92. The number of rotatable bonds is 5. The second-order valence-electron chi connectivity index (χ2n) is 4.91.